The van der Waals surface area contributed by atoms with E-state index in [-0.39, 0.29) is 0 Å². The fourth-order valence-electron chi connectivity index (χ4n) is 2.76. The number of rotatable bonds is 2. The van der Waals surface area contributed by atoms with Crippen LogP contribution in [0.25, 0.3) is 0 Å². The molecule has 98 valence electrons. The summed E-state index contributed by atoms with van der Waals surface area (Å²) in [6.07, 6.45) is 4.11. The normalized spacial score (nSPS) is 14.3. The smallest absolute Gasteiger partial charge is 0.0626 e. The summed E-state index contributed by atoms with van der Waals surface area (Å²) in [6, 6.07) is 10.3. The molecule has 2 heterocycles. The van der Waals surface area contributed by atoms with E-state index in [2.05, 4.69) is 28.9 Å². The Morgan fingerprint density at radius 3 is 3.00 bits per heavy atom. The van der Waals surface area contributed by atoms with Crippen LogP contribution < -0.4 is 10.6 Å². The summed E-state index contributed by atoms with van der Waals surface area (Å²) in [4.78, 5) is 6.89. The molecule has 19 heavy (non-hydrogen) atoms. The van der Waals surface area contributed by atoms with E-state index in [0.29, 0.717) is 0 Å². The summed E-state index contributed by atoms with van der Waals surface area (Å²) < 4.78 is 0. The largest absolute Gasteiger partial charge is 0.398 e. The predicted octanol–water partition coefficient (Wildman–Crippen LogP) is 2.93. The maximum absolute atomic E-state index is 6.08. The van der Waals surface area contributed by atoms with Crippen LogP contribution in [0.1, 0.15) is 23.2 Å². The van der Waals surface area contributed by atoms with Gasteiger partial charge in [-0.2, -0.15) is 0 Å². The summed E-state index contributed by atoms with van der Waals surface area (Å²) in [7, 11) is 0. The highest BCUT2D eigenvalue weighted by atomic mass is 15.1. The molecule has 0 fully saturated rings. The number of pyridine rings is 1. The number of aryl methyl sites for hydroxylation is 1. The summed E-state index contributed by atoms with van der Waals surface area (Å²) in [5, 5.41) is 0. The number of aromatic nitrogens is 1. The van der Waals surface area contributed by atoms with Crippen molar-refractivity contribution >= 4 is 11.4 Å². The topological polar surface area (TPSA) is 42.2 Å². The first-order chi connectivity index (χ1) is 9.25. The highest BCUT2D eigenvalue weighted by Crippen LogP contribution is 2.32. The SMILES string of the molecule is Cc1cccnc1CN1CCCc2c(N)cccc21. The van der Waals surface area contributed by atoms with Crippen LogP contribution in [0.4, 0.5) is 11.4 Å². The Labute approximate surface area is 114 Å². The number of nitrogen functional groups attached to an aromatic ring is 1. The van der Waals surface area contributed by atoms with Crippen LogP contribution in [-0.2, 0) is 13.0 Å². The average molecular weight is 253 g/mol. The van der Waals surface area contributed by atoms with Crippen molar-refractivity contribution in [2.24, 2.45) is 0 Å². The number of nitrogens with zero attached hydrogens (tertiary/aromatic N) is 2. The van der Waals surface area contributed by atoms with Crippen molar-refractivity contribution < 1.29 is 0 Å². The molecule has 0 radical (unpaired) electrons. The van der Waals surface area contributed by atoms with Gasteiger partial charge in [0.1, 0.15) is 0 Å². The second-order valence-corrected chi connectivity index (χ2v) is 5.14. The molecule has 1 aromatic carbocycles. The first-order valence-electron chi connectivity index (χ1n) is 6.78. The molecule has 0 unspecified atom stereocenters. The Bertz CT molecular complexity index is 592. The fourth-order valence-corrected chi connectivity index (χ4v) is 2.76. The van der Waals surface area contributed by atoms with Gasteiger partial charge >= 0.3 is 0 Å². The van der Waals surface area contributed by atoms with Gasteiger partial charge in [0.15, 0.2) is 0 Å². The van der Waals surface area contributed by atoms with Crippen molar-refractivity contribution in [3.8, 4) is 0 Å². The van der Waals surface area contributed by atoms with Crippen LogP contribution in [-0.4, -0.2) is 11.5 Å². The first kappa shape index (κ1) is 12.0. The molecule has 0 spiro atoms. The lowest BCUT2D eigenvalue weighted by Crippen LogP contribution is -2.29. The van der Waals surface area contributed by atoms with E-state index in [1.807, 2.05) is 24.4 Å². The molecule has 0 saturated carbocycles. The molecule has 2 aromatic rings. The Balaban J connectivity index is 1.92. The molecule has 3 heteroatoms. The number of hydrogen-bond acceptors (Lipinski definition) is 3. The molecular formula is C16H19N3. The van der Waals surface area contributed by atoms with Crippen LogP contribution in [0.5, 0.6) is 0 Å². The van der Waals surface area contributed by atoms with Crippen molar-refractivity contribution in [2.75, 3.05) is 17.2 Å². The Kier molecular flexibility index (Phi) is 3.11. The van der Waals surface area contributed by atoms with E-state index in [0.717, 1.165) is 37.3 Å². The van der Waals surface area contributed by atoms with Gasteiger partial charge in [-0.15, -0.1) is 0 Å². The molecule has 0 aliphatic carbocycles. The molecule has 0 atom stereocenters. The lowest BCUT2D eigenvalue weighted by atomic mass is 9.99. The van der Waals surface area contributed by atoms with Gasteiger partial charge in [-0.25, -0.2) is 0 Å². The summed E-state index contributed by atoms with van der Waals surface area (Å²) in [6.45, 7) is 4.06. The van der Waals surface area contributed by atoms with Gasteiger partial charge in [0.2, 0.25) is 0 Å². The van der Waals surface area contributed by atoms with Gasteiger partial charge in [-0.05, 0) is 49.1 Å². The minimum atomic E-state index is 0.864. The van der Waals surface area contributed by atoms with Crippen LogP contribution in [0.2, 0.25) is 0 Å². The van der Waals surface area contributed by atoms with Crippen molar-refractivity contribution in [1.29, 1.82) is 0 Å². The van der Waals surface area contributed by atoms with Gasteiger partial charge in [0.05, 0.1) is 12.2 Å². The molecule has 1 aromatic heterocycles. The van der Waals surface area contributed by atoms with Crippen LogP contribution in [0, 0.1) is 6.92 Å². The molecule has 1 aliphatic heterocycles. The van der Waals surface area contributed by atoms with Gasteiger partial charge in [-0.1, -0.05) is 12.1 Å². The summed E-state index contributed by atoms with van der Waals surface area (Å²) in [5.74, 6) is 0. The highest BCUT2D eigenvalue weighted by Gasteiger charge is 2.19. The number of anilines is 2. The number of hydrogen-bond donors (Lipinski definition) is 1. The second kappa shape index (κ2) is 4.92. The molecule has 3 nitrogen and oxygen atoms in total. The third kappa shape index (κ3) is 2.28. The van der Waals surface area contributed by atoms with E-state index in [1.165, 1.54) is 16.8 Å². The monoisotopic (exact) mass is 253 g/mol. The van der Waals surface area contributed by atoms with Gasteiger partial charge in [-0.3, -0.25) is 4.98 Å². The predicted molar refractivity (Wildman–Crippen MR) is 79.2 cm³/mol. The summed E-state index contributed by atoms with van der Waals surface area (Å²) in [5.41, 5.74) is 12.0. The van der Waals surface area contributed by atoms with E-state index in [4.69, 9.17) is 5.73 Å². The fraction of sp³-hybridized carbons (Fsp3) is 0.312. The zero-order valence-electron chi connectivity index (χ0n) is 11.3. The van der Waals surface area contributed by atoms with E-state index in [1.54, 1.807) is 0 Å². The number of benzene rings is 1. The van der Waals surface area contributed by atoms with Crippen LogP contribution in [0.3, 0.4) is 0 Å². The zero-order valence-corrected chi connectivity index (χ0v) is 11.3. The van der Waals surface area contributed by atoms with Crippen molar-refractivity contribution in [2.45, 2.75) is 26.3 Å². The Morgan fingerprint density at radius 2 is 2.16 bits per heavy atom. The zero-order chi connectivity index (χ0) is 13.2. The lowest BCUT2D eigenvalue weighted by molar-refractivity contribution is 0.683. The van der Waals surface area contributed by atoms with Crippen LogP contribution >= 0.6 is 0 Å². The maximum Gasteiger partial charge on any atom is 0.0626 e. The van der Waals surface area contributed by atoms with Gasteiger partial charge < -0.3 is 10.6 Å². The Hall–Kier alpha value is -2.03. The van der Waals surface area contributed by atoms with Gasteiger partial charge in [0, 0.05) is 24.1 Å². The number of nitrogens with two attached hydrogens (primary N) is 1. The molecule has 0 bridgehead atoms. The van der Waals surface area contributed by atoms with E-state index < -0.39 is 0 Å². The third-order valence-electron chi connectivity index (χ3n) is 3.84. The van der Waals surface area contributed by atoms with Crippen molar-refractivity contribution in [3.05, 3.63) is 53.3 Å². The molecular weight excluding hydrogens is 234 g/mol. The quantitative estimate of drug-likeness (QED) is 0.837. The molecule has 2 N–H and O–H groups in total. The lowest BCUT2D eigenvalue weighted by Gasteiger charge is -2.32. The van der Waals surface area contributed by atoms with E-state index in [9.17, 15) is 0 Å². The third-order valence-corrected chi connectivity index (χ3v) is 3.84. The summed E-state index contributed by atoms with van der Waals surface area (Å²) >= 11 is 0. The minimum Gasteiger partial charge on any atom is -0.398 e. The molecule has 0 saturated heterocycles. The molecule has 1 aliphatic rings. The maximum atomic E-state index is 6.08. The molecule has 0 amide bonds. The standard InChI is InChI=1S/C16H19N3/c1-12-5-3-9-18-15(12)11-19-10-4-6-13-14(17)7-2-8-16(13)19/h2-3,5,7-9H,4,6,10-11,17H2,1H3. The molecule has 3 rings (SSSR count). The first-order valence-corrected chi connectivity index (χ1v) is 6.78. The number of fused-ring (bicyclic) bond motifs is 1. The highest BCUT2D eigenvalue weighted by molar-refractivity contribution is 5.66. The van der Waals surface area contributed by atoms with Crippen LogP contribution in [0.15, 0.2) is 36.5 Å². The van der Waals surface area contributed by atoms with Gasteiger partial charge in [0.25, 0.3) is 0 Å². The van der Waals surface area contributed by atoms with E-state index >= 15 is 0 Å². The average Bonchev–Trinajstić information content (AvgIpc) is 2.42. The van der Waals surface area contributed by atoms with Crippen molar-refractivity contribution in [1.82, 2.24) is 4.98 Å². The second-order valence-electron chi connectivity index (χ2n) is 5.14. The van der Waals surface area contributed by atoms with Crippen molar-refractivity contribution in [3.63, 3.8) is 0 Å². The Morgan fingerprint density at radius 1 is 1.26 bits per heavy atom. The minimum absolute atomic E-state index is 0.864.